The molecule has 0 fully saturated rings. The number of unbranched alkanes of at least 4 members (excludes halogenated alkanes) is 2. The fraction of sp³-hybridized carbons (Fsp3) is 0.304. The highest BCUT2D eigenvalue weighted by molar-refractivity contribution is 5.79. The normalized spacial score (nSPS) is 13.8. The van der Waals surface area contributed by atoms with Gasteiger partial charge in [-0.1, -0.05) is 122 Å². The van der Waals surface area contributed by atoms with Crippen molar-refractivity contribution in [1.29, 1.82) is 0 Å². The average molecular weight is 724 g/mol. The summed E-state index contributed by atoms with van der Waals surface area (Å²) in [4.78, 5) is 28.1. The van der Waals surface area contributed by atoms with Gasteiger partial charge in [0.1, 0.15) is 25.0 Å². The second kappa shape index (κ2) is 18.5. The van der Waals surface area contributed by atoms with E-state index in [4.69, 9.17) is 14.2 Å². The van der Waals surface area contributed by atoms with Crippen molar-refractivity contribution in [2.24, 2.45) is 0 Å². The third-order valence-electron chi connectivity index (χ3n) is 10.3. The molecule has 278 valence electrons. The summed E-state index contributed by atoms with van der Waals surface area (Å²) in [5, 5.41) is 6.40. The highest BCUT2D eigenvalue weighted by Crippen LogP contribution is 2.44. The summed E-state index contributed by atoms with van der Waals surface area (Å²) in [5.41, 5.74) is 9.23. The fourth-order valence-electron chi connectivity index (χ4n) is 7.50. The number of carbonyl (C=O) groups is 2. The largest absolute Gasteiger partial charge is 0.494 e. The van der Waals surface area contributed by atoms with Crippen molar-refractivity contribution >= 4 is 12.1 Å². The van der Waals surface area contributed by atoms with E-state index in [0.29, 0.717) is 32.8 Å². The zero-order chi connectivity index (χ0) is 37.0. The Bertz CT molecular complexity index is 1910. The van der Waals surface area contributed by atoms with Crippen LogP contribution in [0, 0.1) is 0 Å². The number of rotatable bonds is 18. The first kappa shape index (κ1) is 36.9. The Morgan fingerprint density at radius 2 is 1.26 bits per heavy atom. The molecule has 1 amide bonds. The Morgan fingerprint density at radius 3 is 1.96 bits per heavy atom. The van der Waals surface area contributed by atoms with E-state index in [1.807, 2.05) is 78.9 Å². The molecule has 54 heavy (non-hydrogen) atoms. The van der Waals surface area contributed by atoms with Gasteiger partial charge in [-0.3, -0.25) is 4.90 Å². The third-order valence-corrected chi connectivity index (χ3v) is 10.3. The number of esters is 1. The molecule has 0 saturated carbocycles. The molecule has 7 rings (SSSR count). The smallest absolute Gasteiger partial charge is 0.407 e. The van der Waals surface area contributed by atoms with Gasteiger partial charge in [-0.05, 0) is 89.0 Å². The Hall–Kier alpha value is -5.44. The quantitative estimate of drug-likeness (QED) is 0.0692. The van der Waals surface area contributed by atoms with Gasteiger partial charge < -0.3 is 24.8 Å². The van der Waals surface area contributed by atoms with E-state index in [0.717, 1.165) is 55.6 Å². The average Bonchev–Trinajstić information content (AvgIpc) is 3.78. The van der Waals surface area contributed by atoms with Crippen LogP contribution in [0.2, 0.25) is 0 Å². The lowest BCUT2D eigenvalue weighted by molar-refractivity contribution is -0.152. The van der Waals surface area contributed by atoms with Crippen LogP contribution in [0.3, 0.4) is 0 Å². The molecule has 5 aromatic carbocycles. The van der Waals surface area contributed by atoms with Crippen LogP contribution in [0.15, 0.2) is 127 Å². The number of ether oxygens (including phenoxy) is 3. The number of hydrogen-bond acceptors (Lipinski definition) is 7. The van der Waals surface area contributed by atoms with Gasteiger partial charge in [-0.2, -0.15) is 0 Å². The molecule has 1 heterocycles. The molecule has 8 heteroatoms. The van der Waals surface area contributed by atoms with Crippen LogP contribution in [-0.2, 0) is 34.0 Å². The van der Waals surface area contributed by atoms with Crippen LogP contribution in [0.5, 0.6) is 5.75 Å². The van der Waals surface area contributed by atoms with Gasteiger partial charge in [0.2, 0.25) is 0 Å². The van der Waals surface area contributed by atoms with Crippen molar-refractivity contribution < 1.29 is 23.8 Å². The van der Waals surface area contributed by atoms with Gasteiger partial charge >= 0.3 is 12.1 Å². The lowest BCUT2D eigenvalue weighted by atomic mass is 9.98. The van der Waals surface area contributed by atoms with Crippen LogP contribution in [0.25, 0.3) is 11.1 Å². The molecule has 5 aromatic rings. The van der Waals surface area contributed by atoms with Crippen LogP contribution in [0.1, 0.15) is 71.0 Å². The molecule has 0 unspecified atom stereocenters. The number of carbonyl (C=O) groups excluding carboxylic acids is 2. The van der Waals surface area contributed by atoms with Crippen molar-refractivity contribution in [1.82, 2.24) is 15.5 Å². The second-order valence-corrected chi connectivity index (χ2v) is 14.0. The minimum Gasteiger partial charge on any atom is -0.494 e. The Labute approximate surface area is 318 Å². The first-order valence-electron chi connectivity index (χ1n) is 19.2. The van der Waals surface area contributed by atoms with Gasteiger partial charge in [-0.25, -0.2) is 9.59 Å². The minimum atomic E-state index is -0.511. The van der Waals surface area contributed by atoms with Crippen molar-refractivity contribution in [3.05, 3.63) is 161 Å². The van der Waals surface area contributed by atoms with E-state index < -0.39 is 6.04 Å². The second-order valence-electron chi connectivity index (χ2n) is 14.0. The van der Waals surface area contributed by atoms with E-state index >= 15 is 0 Å². The summed E-state index contributed by atoms with van der Waals surface area (Å²) in [6.45, 7) is 4.95. The maximum Gasteiger partial charge on any atom is 0.407 e. The van der Waals surface area contributed by atoms with E-state index in [-0.39, 0.29) is 24.6 Å². The highest BCUT2D eigenvalue weighted by atomic mass is 16.5. The number of nitrogens with zero attached hydrogens (tertiary/aromatic N) is 1. The van der Waals surface area contributed by atoms with Gasteiger partial charge in [0.25, 0.3) is 0 Å². The van der Waals surface area contributed by atoms with E-state index in [1.54, 1.807) is 0 Å². The Morgan fingerprint density at radius 1 is 0.648 bits per heavy atom. The van der Waals surface area contributed by atoms with Crippen molar-refractivity contribution in [2.75, 3.05) is 32.8 Å². The number of nitrogens with one attached hydrogen (secondary N) is 2. The van der Waals surface area contributed by atoms with Crippen LogP contribution >= 0.6 is 0 Å². The molecule has 2 aliphatic rings. The zero-order valence-corrected chi connectivity index (χ0v) is 30.8. The number of hydrogen-bond donors (Lipinski definition) is 2. The van der Waals surface area contributed by atoms with E-state index in [2.05, 4.69) is 64.1 Å². The molecule has 1 atom stereocenters. The third kappa shape index (κ3) is 9.37. The first-order valence-corrected chi connectivity index (χ1v) is 19.2. The highest BCUT2D eigenvalue weighted by Gasteiger charge is 2.33. The molecule has 0 spiro atoms. The maximum atomic E-state index is 13.5. The summed E-state index contributed by atoms with van der Waals surface area (Å²) in [7, 11) is 0. The number of fused-ring (bicyclic) bond motifs is 4. The van der Waals surface area contributed by atoms with Crippen molar-refractivity contribution in [3.8, 4) is 16.9 Å². The molecule has 0 saturated heterocycles. The maximum absolute atomic E-state index is 13.5. The van der Waals surface area contributed by atoms with E-state index in [1.165, 1.54) is 33.4 Å². The van der Waals surface area contributed by atoms with Gasteiger partial charge in [0.15, 0.2) is 0 Å². The van der Waals surface area contributed by atoms with Gasteiger partial charge in [0, 0.05) is 25.6 Å². The molecular weight excluding hydrogens is 675 g/mol. The minimum absolute atomic E-state index is 0.0695. The predicted molar refractivity (Wildman–Crippen MR) is 211 cm³/mol. The molecule has 2 N–H and O–H groups in total. The Balaban J connectivity index is 0.764. The van der Waals surface area contributed by atoms with Gasteiger partial charge in [-0.15, -0.1) is 0 Å². The molecule has 8 nitrogen and oxygen atoms in total. The molecule has 1 aliphatic carbocycles. The monoisotopic (exact) mass is 723 g/mol. The van der Waals surface area contributed by atoms with Crippen molar-refractivity contribution in [2.45, 2.75) is 57.3 Å². The fourth-order valence-corrected chi connectivity index (χ4v) is 7.50. The van der Waals surface area contributed by atoms with E-state index in [9.17, 15) is 9.59 Å². The molecule has 1 aliphatic heterocycles. The number of benzene rings is 5. The summed E-state index contributed by atoms with van der Waals surface area (Å²) in [6.07, 6.45) is 3.48. The molecule has 0 aromatic heterocycles. The summed E-state index contributed by atoms with van der Waals surface area (Å²) in [6, 6.07) is 42.2. The zero-order valence-electron chi connectivity index (χ0n) is 30.8. The summed E-state index contributed by atoms with van der Waals surface area (Å²) in [5.74, 6) is 0.599. The van der Waals surface area contributed by atoms with Crippen LogP contribution in [-0.4, -0.2) is 49.8 Å². The molecular formula is C46H49N3O5. The van der Waals surface area contributed by atoms with Crippen LogP contribution < -0.4 is 15.4 Å². The van der Waals surface area contributed by atoms with Crippen molar-refractivity contribution in [3.63, 3.8) is 0 Å². The topological polar surface area (TPSA) is 89.1 Å². The Kier molecular flexibility index (Phi) is 12.7. The molecule has 0 radical (unpaired) electrons. The molecule has 0 bridgehead atoms. The summed E-state index contributed by atoms with van der Waals surface area (Å²) >= 11 is 0. The first-order chi connectivity index (χ1) is 26.6. The number of alkyl carbamates (subject to hydrolysis) is 1. The van der Waals surface area contributed by atoms with Crippen LogP contribution in [0.4, 0.5) is 4.79 Å². The standard InChI is InChI=1S/C46H49N3O5/c50-45(53-32-34-14-3-1-4-15-34)44(49-30-36-16-5-6-17-37(36)31-49)35-22-24-38(25-23-35)52-29-13-27-47-26-11-2-12-28-48-46(51)54-33-43-41-20-9-7-18-39(41)40-19-8-10-21-42(40)43/h1,3-10,14-25,43-44,47H,2,11-13,26-33H2,(H,48,51)/t44-/m0/s1. The van der Waals surface area contributed by atoms with Gasteiger partial charge in [0.05, 0.1) is 6.61 Å². The SMILES string of the molecule is O=C(NCCCCCNCCCOc1ccc([C@@H](C(=O)OCc2ccccc2)N2Cc3ccccc3C2)cc1)OCC1c2ccccc2-c2ccccc21. The predicted octanol–water partition coefficient (Wildman–Crippen LogP) is 8.55. The summed E-state index contributed by atoms with van der Waals surface area (Å²) < 4.78 is 17.5. The number of amides is 1. The lowest BCUT2D eigenvalue weighted by Crippen LogP contribution is -2.31. The lowest BCUT2D eigenvalue weighted by Gasteiger charge is -2.26.